The number of carboxylic acids is 1. The van der Waals surface area contributed by atoms with Gasteiger partial charge in [-0.25, -0.2) is 4.98 Å². The van der Waals surface area contributed by atoms with Crippen LogP contribution in [0, 0.1) is 0 Å². The van der Waals surface area contributed by atoms with Crippen molar-refractivity contribution in [2.75, 3.05) is 6.54 Å². The molecule has 13 nitrogen and oxygen atoms in total. The van der Waals surface area contributed by atoms with Gasteiger partial charge < -0.3 is 37.5 Å². The normalized spacial score (nSPS) is 13.6. The molecular formula is C16H25N7O6. The number of H-pyrrole nitrogens is 1. The lowest BCUT2D eigenvalue weighted by Gasteiger charge is -2.22. The number of nitrogens with zero attached hydrogens (tertiary/aromatic N) is 1. The summed E-state index contributed by atoms with van der Waals surface area (Å²) in [5.74, 6) is -4.03. The van der Waals surface area contributed by atoms with Crippen molar-refractivity contribution >= 4 is 29.6 Å². The van der Waals surface area contributed by atoms with E-state index in [9.17, 15) is 24.0 Å². The predicted octanol–water partition coefficient (Wildman–Crippen LogP) is -3.26. The Kier molecular flexibility index (Phi) is 9.25. The monoisotopic (exact) mass is 411 g/mol. The SMILES string of the molecule is CC(NC(=O)C(CCC(N)=O)NC(=O)C(N)Cc1cnc[nH]1)C(=O)NCC(=O)O. The van der Waals surface area contributed by atoms with Crippen LogP contribution in [0.15, 0.2) is 12.5 Å². The van der Waals surface area contributed by atoms with E-state index in [0.29, 0.717) is 5.69 Å². The molecule has 1 rings (SSSR count). The average Bonchev–Trinajstić information content (AvgIpc) is 3.15. The summed E-state index contributed by atoms with van der Waals surface area (Å²) in [6, 6.07) is -3.23. The van der Waals surface area contributed by atoms with Gasteiger partial charge >= 0.3 is 5.97 Å². The molecule has 9 N–H and O–H groups in total. The number of aromatic amines is 1. The van der Waals surface area contributed by atoms with Crippen LogP contribution in [0.4, 0.5) is 0 Å². The van der Waals surface area contributed by atoms with E-state index in [-0.39, 0.29) is 19.3 Å². The number of aliphatic carboxylic acids is 1. The summed E-state index contributed by atoms with van der Waals surface area (Å²) in [6.45, 7) is 0.732. The van der Waals surface area contributed by atoms with Gasteiger partial charge in [0.2, 0.25) is 23.6 Å². The summed E-state index contributed by atoms with van der Waals surface area (Å²) < 4.78 is 0. The lowest BCUT2D eigenvalue weighted by atomic mass is 10.1. The number of carboxylic acid groups (broad SMARTS) is 1. The number of primary amides is 1. The van der Waals surface area contributed by atoms with Gasteiger partial charge in [0.25, 0.3) is 0 Å². The molecule has 0 aromatic carbocycles. The van der Waals surface area contributed by atoms with Crippen LogP contribution in [-0.2, 0) is 30.4 Å². The molecule has 4 amide bonds. The fourth-order valence-corrected chi connectivity index (χ4v) is 2.26. The van der Waals surface area contributed by atoms with E-state index < -0.39 is 54.3 Å². The minimum Gasteiger partial charge on any atom is -0.480 e. The second kappa shape index (κ2) is 11.4. The Hall–Kier alpha value is -3.48. The number of carbonyl (C=O) groups excluding carboxylic acids is 4. The molecule has 1 heterocycles. The highest BCUT2D eigenvalue weighted by atomic mass is 16.4. The smallest absolute Gasteiger partial charge is 0.322 e. The average molecular weight is 411 g/mol. The minimum absolute atomic E-state index is 0.104. The van der Waals surface area contributed by atoms with Crippen LogP contribution in [0.3, 0.4) is 0 Å². The van der Waals surface area contributed by atoms with Gasteiger partial charge in [-0.05, 0) is 13.3 Å². The maximum Gasteiger partial charge on any atom is 0.322 e. The van der Waals surface area contributed by atoms with Gasteiger partial charge in [-0.3, -0.25) is 24.0 Å². The van der Waals surface area contributed by atoms with E-state index >= 15 is 0 Å². The molecule has 0 bridgehead atoms. The van der Waals surface area contributed by atoms with Gasteiger partial charge in [0, 0.05) is 24.7 Å². The van der Waals surface area contributed by atoms with Crippen LogP contribution < -0.4 is 27.4 Å². The van der Waals surface area contributed by atoms with Crippen molar-refractivity contribution in [1.82, 2.24) is 25.9 Å². The molecule has 0 saturated heterocycles. The van der Waals surface area contributed by atoms with Crippen LogP contribution in [-0.4, -0.2) is 69.3 Å². The van der Waals surface area contributed by atoms with Crippen molar-refractivity contribution in [2.45, 2.75) is 44.3 Å². The summed E-state index contributed by atoms with van der Waals surface area (Å²) in [5, 5.41) is 15.5. The Morgan fingerprint density at radius 2 is 1.86 bits per heavy atom. The first-order valence-corrected chi connectivity index (χ1v) is 8.71. The van der Waals surface area contributed by atoms with Crippen molar-refractivity contribution in [3.8, 4) is 0 Å². The molecule has 1 aromatic heterocycles. The molecular weight excluding hydrogens is 386 g/mol. The maximum atomic E-state index is 12.5. The summed E-state index contributed by atoms with van der Waals surface area (Å²) >= 11 is 0. The number of hydrogen-bond donors (Lipinski definition) is 7. The third kappa shape index (κ3) is 8.83. The molecule has 3 atom stereocenters. The largest absolute Gasteiger partial charge is 0.480 e. The molecule has 3 unspecified atom stereocenters. The summed E-state index contributed by atoms with van der Waals surface area (Å²) in [7, 11) is 0. The van der Waals surface area contributed by atoms with E-state index in [1.165, 1.54) is 19.4 Å². The first-order valence-electron chi connectivity index (χ1n) is 8.71. The van der Waals surface area contributed by atoms with Crippen molar-refractivity contribution < 1.29 is 29.1 Å². The highest BCUT2D eigenvalue weighted by Gasteiger charge is 2.27. The summed E-state index contributed by atoms with van der Waals surface area (Å²) in [6.07, 6.45) is 2.78. The van der Waals surface area contributed by atoms with E-state index in [1.54, 1.807) is 0 Å². The molecule has 0 aliphatic carbocycles. The van der Waals surface area contributed by atoms with Crippen LogP contribution in [0.5, 0.6) is 0 Å². The zero-order chi connectivity index (χ0) is 22.0. The van der Waals surface area contributed by atoms with Gasteiger partial charge in [0.15, 0.2) is 0 Å². The predicted molar refractivity (Wildman–Crippen MR) is 98.9 cm³/mol. The number of aromatic nitrogens is 2. The van der Waals surface area contributed by atoms with E-state index in [2.05, 4.69) is 25.9 Å². The Morgan fingerprint density at radius 3 is 2.41 bits per heavy atom. The molecule has 160 valence electrons. The van der Waals surface area contributed by atoms with Crippen molar-refractivity contribution in [2.24, 2.45) is 11.5 Å². The third-order valence-corrected chi connectivity index (χ3v) is 3.81. The highest BCUT2D eigenvalue weighted by molar-refractivity contribution is 5.93. The number of amides is 4. The lowest BCUT2D eigenvalue weighted by molar-refractivity contribution is -0.138. The molecule has 0 spiro atoms. The molecule has 0 fully saturated rings. The van der Waals surface area contributed by atoms with Gasteiger partial charge in [-0.1, -0.05) is 0 Å². The zero-order valence-corrected chi connectivity index (χ0v) is 15.8. The molecule has 0 aliphatic heterocycles. The standard InChI is InChI=1S/C16H25N7O6/c1-8(14(27)20-6-13(25)26)22-16(29)11(2-3-12(18)24)23-15(28)10(17)4-9-5-19-7-21-9/h5,7-8,10-11H,2-4,6,17H2,1H3,(H2,18,24)(H,19,21)(H,20,27)(H,22,29)(H,23,28)(H,25,26). The number of carbonyl (C=O) groups is 5. The van der Waals surface area contributed by atoms with E-state index in [1.807, 2.05) is 0 Å². The fraction of sp³-hybridized carbons (Fsp3) is 0.500. The van der Waals surface area contributed by atoms with Crippen LogP contribution in [0.2, 0.25) is 0 Å². The molecule has 1 aromatic rings. The number of imidazole rings is 1. The first kappa shape index (κ1) is 23.6. The maximum absolute atomic E-state index is 12.5. The molecule has 0 aliphatic rings. The molecule has 0 radical (unpaired) electrons. The van der Waals surface area contributed by atoms with Crippen LogP contribution in [0.25, 0.3) is 0 Å². The van der Waals surface area contributed by atoms with Gasteiger partial charge in [0.1, 0.15) is 18.6 Å². The topological polar surface area (TPSA) is 222 Å². The third-order valence-electron chi connectivity index (χ3n) is 3.81. The van der Waals surface area contributed by atoms with Gasteiger partial charge in [-0.15, -0.1) is 0 Å². The second-order valence-corrected chi connectivity index (χ2v) is 6.30. The number of hydrogen-bond acceptors (Lipinski definition) is 7. The van der Waals surface area contributed by atoms with Gasteiger partial charge in [0.05, 0.1) is 12.4 Å². The number of rotatable bonds is 12. The van der Waals surface area contributed by atoms with Gasteiger partial charge in [-0.2, -0.15) is 0 Å². The minimum atomic E-state index is -1.24. The molecule has 0 saturated carbocycles. The van der Waals surface area contributed by atoms with Crippen molar-refractivity contribution in [1.29, 1.82) is 0 Å². The quantitative estimate of drug-likeness (QED) is 0.184. The summed E-state index contributed by atoms with van der Waals surface area (Å²) in [5.41, 5.74) is 11.5. The van der Waals surface area contributed by atoms with E-state index in [0.717, 1.165) is 0 Å². The number of nitrogens with two attached hydrogens (primary N) is 2. The Bertz CT molecular complexity index is 736. The summed E-state index contributed by atoms with van der Waals surface area (Å²) in [4.78, 5) is 64.7. The zero-order valence-electron chi connectivity index (χ0n) is 15.8. The van der Waals surface area contributed by atoms with Crippen LogP contribution in [0.1, 0.15) is 25.5 Å². The number of nitrogens with one attached hydrogen (secondary N) is 4. The Morgan fingerprint density at radius 1 is 1.17 bits per heavy atom. The first-order chi connectivity index (χ1) is 13.6. The van der Waals surface area contributed by atoms with Crippen molar-refractivity contribution in [3.05, 3.63) is 18.2 Å². The Labute approximate surface area is 166 Å². The Balaban J connectivity index is 2.70. The second-order valence-electron chi connectivity index (χ2n) is 6.30. The fourth-order valence-electron chi connectivity index (χ4n) is 2.26. The van der Waals surface area contributed by atoms with Crippen molar-refractivity contribution in [3.63, 3.8) is 0 Å². The lowest BCUT2D eigenvalue weighted by Crippen LogP contribution is -2.55. The molecule has 29 heavy (non-hydrogen) atoms. The molecule has 13 heteroatoms. The van der Waals surface area contributed by atoms with E-state index in [4.69, 9.17) is 16.6 Å². The highest BCUT2D eigenvalue weighted by Crippen LogP contribution is 2.02. The van der Waals surface area contributed by atoms with Crippen LogP contribution >= 0.6 is 0 Å².